The Kier molecular flexibility index (Phi) is 6.53. The first kappa shape index (κ1) is 19.5. The molecule has 2 amide bonds. The monoisotopic (exact) mass is 573 g/mol. The van der Waals surface area contributed by atoms with E-state index < -0.39 is 23.7 Å². The largest absolute Gasteiger partial charge is 0.506 e. The van der Waals surface area contributed by atoms with Crippen molar-refractivity contribution in [2.45, 2.75) is 20.0 Å². The van der Waals surface area contributed by atoms with Gasteiger partial charge in [0.05, 0.1) is 14.6 Å². The van der Waals surface area contributed by atoms with Crippen molar-refractivity contribution in [1.29, 1.82) is 0 Å². The number of hydrogen-bond acceptors (Lipinski definition) is 6. The van der Waals surface area contributed by atoms with Crippen molar-refractivity contribution < 1.29 is 24.2 Å². The van der Waals surface area contributed by atoms with Crippen LogP contribution in [0.25, 0.3) is 6.08 Å². The Labute approximate surface area is 170 Å². The Balaban J connectivity index is 2.24. The van der Waals surface area contributed by atoms with E-state index in [1.165, 1.54) is 6.08 Å². The Morgan fingerprint density at radius 3 is 2.67 bits per heavy atom. The fraction of sp³-hybridized carbons (Fsp3) is 0.267. The summed E-state index contributed by atoms with van der Waals surface area (Å²) in [5.41, 5.74) is 0.446. The van der Waals surface area contributed by atoms with E-state index in [0.29, 0.717) is 9.13 Å². The van der Waals surface area contributed by atoms with Crippen molar-refractivity contribution >= 4 is 80.1 Å². The van der Waals surface area contributed by atoms with Crippen LogP contribution >= 0.6 is 56.9 Å². The molecule has 0 atom stereocenters. The molecule has 1 aliphatic heterocycles. The van der Waals surface area contributed by atoms with Gasteiger partial charge in [-0.2, -0.15) is 0 Å². The van der Waals surface area contributed by atoms with Crippen LogP contribution in [0.2, 0.25) is 0 Å². The second-order valence-electron chi connectivity index (χ2n) is 5.13. The number of benzene rings is 1. The first-order valence-electron chi connectivity index (χ1n) is 6.82. The number of esters is 1. The molecule has 1 aliphatic rings. The molecule has 24 heavy (non-hydrogen) atoms. The summed E-state index contributed by atoms with van der Waals surface area (Å²) < 4.78 is 6.49. The SMILES string of the molecule is CC(C)OC(=O)CN1C(=O)S/C(=C\c2cc(I)cc(I)c2O)C1=O. The highest BCUT2D eigenvalue weighted by Gasteiger charge is 2.37. The molecule has 6 nitrogen and oxygen atoms in total. The summed E-state index contributed by atoms with van der Waals surface area (Å²) in [6.45, 7) is 2.95. The molecule has 1 N–H and O–H groups in total. The predicted octanol–water partition coefficient (Wildman–Crippen LogP) is 3.59. The lowest BCUT2D eigenvalue weighted by Gasteiger charge is -2.13. The van der Waals surface area contributed by atoms with Gasteiger partial charge in [0.1, 0.15) is 12.3 Å². The van der Waals surface area contributed by atoms with E-state index in [4.69, 9.17) is 4.74 Å². The standard InChI is InChI=1S/C15H13I2NO5S/c1-7(2)23-12(19)6-18-14(21)11(24-15(18)22)4-8-3-9(16)5-10(17)13(8)20/h3-5,7,20H,6H2,1-2H3/b11-4-. The topological polar surface area (TPSA) is 83.9 Å². The molecule has 1 fully saturated rings. The number of ether oxygens (including phenoxy) is 1. The molecule has 128 valence electrons. The molecule has 0 bridgehead atoms. The zero-order chi connectivity index (χ0) is 18.0. The highest BCUT2D eigenvalue weighted by Crippen LogP contribution is 2.35. The first-order valence-corrected chi connectivity index (χ1v) is 9.79. The van der Waals surface area contributed by atoms with Gasteiger partial charge < -0.3 is 9.84 Å². The highest BCUT2D eigenvalue weighted by atomic mass is 127. The summed E-state index contributed by atoms with van der Waals surface area (Å²) >= 11 is 4.82. The molecular weight excluding hydrogens is 560 g/mol. The Hall–Kier alpha value is -0.820. The number of aromatic hydroxyl groups is 1. The molecule has 9 heteroatoms. The highest BCUT2D eigenvalue weighted by molar-refractivity contribution is 14.1. The van der Waals surface area contributed by atoms with Crippen molar-refractivity contribution in [3.8, 4) is 5.75 Å². The molecule has 0 spiro atoms. The van der Waals surface area contributed by atoms with Gasteiger partial charge in [-0.05, 0) is 89.0 Å². The number of rotatable bonds is 4. The van der Waals surface area contributed by atoms with E-state index in [0.717, 1.165) is 20.2 Å². The lowest BCUT2D eigenvalue weighted by Crippen LogP contribution is -2.35. The smallest absolute Gasteiger partial charge is 0.326 e. The van der Waals surface area contributed by atoms with Gasteiger partial charge in [-0.25, -0.2) is 0 Å². The van der Waals surface area contributed by atoms with E-state index in [2.05, 4.69) is 22.6 Å². The number of imide groups is 1. The molecule has 1 aromatic rings. The lowest BCUT2D eigenvalue weighted by atomic mass is 10.2. The molecule has 0 aromatic heterocycles. The molecule has 1 saturated heterocycles. The fourth-order valence-electron chi connectivity index (χ4n) is 1.90. The summed E-state index contributed by atoms with van der Waals surface area (Å²) in [5, 5.41) is 9.56. The predicted molar refractivity (Wildman–Crippen MR) is 107 cm³/mol. The zero-order valence-corrected chi connectivity index (χ0v) is 17.8. The Bertz CT molecular complexity index is 748. The van der Waals surface area contributed by atoms with Gasteiger partial charge >= 0.3 is 5.97 Å². The maximum atomic E-state index is 12.3. The van der Waals surface area contributed by atoms with Crippen molar-refractivity contribution in [1.82, 2.24) is 4.90 Å². The third-order valence-corrected chi connectivity index (χ3v) is 5.22. The number of phenolic OH excluding ortho intramolecular Hbond substituents is 1. The third-order valence-electron chi connectivity index (χ3n) is 2.87. The summed E-state index contributed by atoms with van der Waals surface area (Å²) in [6, 6.07) is 3.50. The van der Waals surface area contributed by atoms with E-state index in [9.17, 15) is 19.5 Å². The zero-order valence-electron chi connectivity index (χ0n) is 12.7. The van der Waals surface area contributed by atoms with Crippen LogP contribution in [0.1, 0.15) is 19.4 Å². The average Bonchev–Trinajstić information content (AvgIpc) is 2.71. The molecule has 0 aliphatic carbocycles. The minimum atomic E-state index is -0.639. The van der Waals surface area contributed by atoms with Crippen molar-refractivity contribution in [3.63, 3.8) is 0 Å². The second-order valence-corrected chi connectivity index (χ2v) is 8.53. The van der Waals surface area contributed by atoms with Crippen molar-refractivity contribution in [2.75, 3.05) is 6.54 Å². The molecule has 0 unspecified atom stereocenters. The normalized spacial score (nSPS) is 16.4. The average molecular weight is 573 g/mol. The fourth-order valence-corrected chi connectivity index (χ4v) is 4.62. The van der Waals surface area contributed by atoms with Crippen LogP contribution in [0.3, 0.4) is 0 Å². The number of halogens is 2. The van der Waals surface area contributed by atoms with Crippen LogP contribution in [-0.4, -0.2) is 39.8 Å². The van der Waals surface area contributed by atoms with Crippen LogP contribution in [0, 0.1) is 7.14 Å². The number of carbonyl (C=O) groups is 3. The minimum Gasteiger partial charge on any atom is -0.506 e. The van der Waals surface area contributed by atoms with Gasteiger partial charge in [-0.1, -0.05) is 0 Å². The molecule has 2 rings (SSSR count). The lowest BCUT2D eigenvalue weighted by molar-refractivity contribution is -0.149. The summed E-state index contributed by atoms with van der Waals surface area (Å²) in [7, 11) is 0. The number of amides is 2. The molecule has 0 saturated carbocycles. The first-order chi connectivity index (χ1) is 11.2. The maximum Gasteiger partial charge on any atom is 0.326 e. The van der Waals surface area contributed by atoms with Gasteiger partial charge in [0.2, 0.25) is 0 Å². The minimum absolute atomic E-state index is 0.0435. The Morgan fingerprint density at radius 2 is 2.04 bits per heavy atom. The number of hydrogen-bond donors (Lipinski definition) is 1. The Morgan fingerprint density at radius 1 is 1.38 bits per heavy atom. The summed E-state index contributed by atoms with van der Waals surface area (Å²) in [4.78, 5) is 37.0. The van der Waals surface area contributed by atoms with Gasteiger partial charge in [0.15, 0.2) is 0 Å². The van der Waals surface area contributed by atoms with Crippen molar-refractivity contribution in [2.24, 2.45) is 0 Å². The van der Waals surface area contributed by atoms with Crippen LogP contribution in [0.15, 0.2) is 17.0 Å². The molecular formula is C15H13I2NO5S. The second kappa shape index (κ2) is 8.04. The molecule has 1 heterocycles. The maximum absolute atomic E-state index is 12.3. The van der Waals surface area contributed by atoms with Gasteiger partial charge in [0, 0.05) is 9.13 Å². The number of phenols is 1. The third kappa shape index (κ3) is 4.63. The van der Waals surface area contributed by atoms with Gasteiger partial charge in [0.25, 0.3) is 11.1 Å². The van der Waals surface area contributed by atoms with Crippen LogP contribution in [-0.2, 0) is 14.3 Å². The van der Waals surface area contributed by atoms with Gasteiger partial charge in [-0.3, -0.25) is 19.3 Å². The van der Waals surface area contributed by atoms with E-state index in [-0.39, 0.29) is 16.8 Å². The number of nitrogens with zero attached hydrogens (tertiary/aromatic N) is 1. The molecule has 0 radical (unpaired) electrons. The van der Waals surface area contributed by atoms with Crippen LogP contribution in [0.5, 0.6) is 5.75 Å². The van der Waals surface area contributed by atoms with Crippen molar-refractivity contribution in [3.05, 3.63) is 29.7 Å². The summed E-state index contributed by atoms with van der Waals surface area (Å²) in [6.07, 6.45) is 1.14. The van der Waals surface area contributed by atoms with E-state index in [1.807, 2.05) is 22.6 Å². The van der Waals surface area contributed by atoms with E-state index >= 15 is 0 Å². The quantitative estimate of drug-likeness (QED) is 0.337. The number of carbonyl (C=O) groups excluding carboxylic acids is 3. The van der Waals surface area contributed by atoms with Gasteiger partial charge in [-0.15, -0.1) is 0 Å². The molecule has 1 aromatic carbocycles. The van der Waals surface area contributed by atoms with E-state index in [1.54, 1.807) is 26.0 Å². The number of thioether (sulfide) groups is 1. The van der Waals surface area contributed by atoms with Crippen LogP contribution < -0.4 is 0 Å². The summed E-state index contributed by atoms with van der Waals surface area (Å²) in [5.74, 6) is -1.17. The van der Waals surface area contributed by atoms with Crippen LogP contribution in [0.4, 0.5) is 4.79 Å².